The summed E-state index contributed by atoms with van der Waals surface area (Å²) in [7, 11) is 0. The Bertz CT molecular complexity index is 3500. The van der Waals surface area contributed by atoms with Crippen molar-refractivity contribution in [3.8, 4) is 79.4 Å². The molecular weight excluding hydrogens is 775 g/mol. The van der Waals surface area contributed by atoms with Crippen LogP contribution in [0.15, 0.2) is 205 Å². The fraction of sp³-hybridized carbons (Fsp3) is 0.0179. The zero-order chi connectivity index (χ0) is 41.5. The largest absolute Gasteiger partial charge is 0.457 e. The van der Waals surface area contributed by atoms with Gasteiger partial charge in [0.2, 0.25) is 5.71 Å². The third kappa shape index (κ3) is 5.30. The van der Waals surface area contributed by atoms with Crippen LogP contribution >= 0.6 is 0 Å². The molecule has 0 bridgehead atoms. The second-order valence-electron chi connectivity index (χ2n) is 15.9. The molecule has 2 aliphatic rings. The zero-order valence-electron chi connectivity index (χ0n) is 33.6. The molecule has 0 unspecified atom stereocenters. The average Bonchev–Trinajstić information content (AvgIpc) is 3.88. The molecule has 0 N–H and O–H groups in total. The number of fused-ring (bicyclic) bond motifs is 12. The number of nitrogens with zero attached hydrogens (tertiary/aromatic N) is 5. The Hall–Kier alpha value is -8.55. The molecule has 1 aliphatic heterocycles. The zero-order valence-corrected chi connectivity index (χ0v) is 33.6. The molecule has 4 heterocycles. The lowest BCUT2D eigenvalue weighted by atomic mass is 9.66. The Kier molecular flexibility index (Phi) is 7.68. The van der Waals surface area contributed by atoms with Gasteiger partial charge >= 0.3 is 0 Å². The quantitative estimate of drug-likeness (QED) is 0.171. The van der Waals surface area contributed by atoms with Gasteiger partial charge in [-0.25, -0.2) is 19.9 Å². The summed E-state index contributed by atoms with van der Waals surface area (Å²) in [5, 5.41) is 1.83. The molecule has 0 radical (unpaired) electrons. The lowest BCUT2D eigenvalue weighted by Crippen LogP contribution is -2.32. The van der Waals surface area contributed by atoms with E-state index in [0.29, 0.717) is 29.0 Å². The maximum absolute atomic E-state index is 6.75. The number of rotatable bonds is 5. The molecule has 0 amide bonds. The van der Waals surface area contributed by atoms with E-state index in [-0.39, 0.29) is 0 Å². The highest BCUT2D eigenvalue weighted by Gasteiger charge is 2.52. The Morgan fingerprint density at radius 1 is 0.365 bits per heavy atom. The van der Waals surface area contributed by atoms with E-state index in [4.69, 9.17) is 34.1 Å². The van der Waals surface area contributed by atoms with Crippen LogP contribution in [0, 0.1) is 0 Å². The topological polar surface area (TPSA) is 86.8 Å². The molecular formula is C56H33N5O2. The number of para-hydroxylation sites is 3. The van der Waals surface area contributed by atoms with Crippen LogP contribution in [-0.2, 0) is 5.41 Å². The first-order valence-corrected chi connectivity index (χ1v) is 21.0. The molecule has 0 fully saturated rings. The van der Waals surface area contributed by atoms with Crippen LogP contribution < -0.4 is 4.74 Å². The maximum atomic E-state index is 6.75. The Morgan fingerprint density at radius 3 is 1.52 bits per heavy atom. The van der Waals surface area contributed by atoms with E-state index in [1.54, 1.807) is 0 Å². The van der Waals surface area contributed by atoms with Crippen molar-refractivity contribution in [2.75, 3.05) is 0 Å². The molecule has 3 aromatic heterocycles. The monoisotopic (exact) mass is 807 g/mol. The number of furan rings is 1. The van der Waals surface area contributed by atoms with Crippen molar-refractivity contribution in [1.82, 2.24) is 24.9 Å². The number of hydrogen-bond acceptors (Lipinski definition) is 7. The highest BCUT2D eigenvalue weighted by Crippen LogP contribution is 2.64. The Balaban J connectivity index is 1.13. The summed E-state index contributed by atoms with van der Waals surface area (Å²) in [5.74, 6) is 4.01. The van der Waals surface area contributed by atoms with Crippen molar-refractivity contribution >= 4 is 22.1 Å². The molecule has 0 atom stereocenters. The van der Waals surface area contributed by atoms with Crippen LogP contribution in [0.2, 0.25) is 0 Å². The van der Waals surface area contributed by atoms with E-state index < -0.39 is 5.41 Å². The minimum atomic E-state index is -0.785. The first-order chi connectivity index (χ1) is 31.2. The van der Waals surface area contributed by atoms with Gasteiger partial charge in [-0.2, -0.15) is 4.98 Å². The van der Waals surface area contributed by atoms with E-state index in [2.05, 4.69) is 78.9 Å². The van der Waals surface area contributed by atoms with Crippen molar-refractivity contribution < 1.29 is 9.15 Å². The summed E-state index contributed by atoms with van der Waals surface area (Å²) in [6.07, 6.45) is 0. The Labute approximate surface area is 362 Å². The highest BCUT2D eigenvalue weighted by molar-refractivity contribution is 6.13. The van der Waals surface area contributed by atoms with E-state index >= 15 is 0 Å². The van der Waals surface area contributed by atoms with Crippen LogP contribution in [0.1, 0.15) is 22.3 Å². The van der Waals surface area contributed by atoms with Gasteiger partial charge in [0.15, 0.2) is 23.3 Å². The van der Waals surface area contributed by atoms with Gasteiger partial charge in [0.1, 0.15) is 17.1 Å². The van der Waals surface area contributed by atoms with Crippen LogP contribution in [-0.4, -0.2) is 24.9 Å². The van der Waals surface area contributed by atoms with Crippen LogP contribution in [0.3, 0.4) is 0 Å². The van der Waals surface area contributed by atoms with Gasteiger partial charge in [-0.05, 0) is 46.5 Å². The summed E-state index contributed by atoms with van der Waals surface area (Å²) in [5.41, 5.74) is 12.4. The van der Waals surface area contributed by atoms with Crippen molar-refractivity contribution in [2.45, 2.75) is 5.41 Å². The van der Waals surface area contributed by atoms with Gasteiger partial charge < -0.3 is 9.15 Å². The first-order valence-electron chi connectivity index (χ1n) is 21.0. The minimum absolute atomic E-state index is 0.543. The molecule has 294 valence electrons. The SMILES string of the molecule is c1ccc(-c2nc(-c3ccccc3)nc(-c3ccc4c(c3)C3(c5ccccc5Oc5ccccc53)c3cccc(-c5nc(-c6ccccc6)nc6oc7ccccc7c56)c3-4)n2)cc1. The normalized spacial score (nSPS) is 13.0. The molecule has 13 rings (SSSR count). The first kappa shape index (κ1) is 35.2. The average molecular weight is 808 g/mol. The Morgan fingerprint density at radius 2 is 0.889 bits per heavy atom. The van der Waals surface area contributed by atoms with Gasteiger partial charge in [-0.15, -0.1) is 0 Å². The predicted octanol–water partition coefficient (Wildman–Crippen LogP) is 13.4. The molecule has 0 saturated carbocycles. The van der Waals surface area contributed by atoms with Crippen LogP contribution in [0.5, 0.6) is 11.5 Å². The second kappa shape index (κ2) is 13.7. The number of benzene rings is 8. The molecule has 7 nitrogen and oxygen atoms in total. The van der Waals surface area contributed by atoms with Gasteiger partial charge in [0, 0.05) is 44.3 Å². The van der Waals surface area contributed by atoms with Crippen molar-refractivity contribution in [3.05, 3.63) is 222 Å². The van der Waals surface area contributed by atoms with E-state index in [9.17, 15) is 0 Å². The second-order valence-corrected chi connectivity index (χ2v) is 15.9. The lowest BCUT2D eigenvalue weighted by Gasteiger charge is -2.39. The molecule has 1 spiro atoms. The smallest absolute Gasteiger partial charge is 0.231 e. The van der Waals surface area contributed by atoms with Crippen LogP contribution in [0.4, 0.5) is 0 Å². The molecule has 7 heteroatoms. The standard InChI is InChI=1S/C56H33N5O2/c1-4-17-34(18-5-1)51-57-50(49-39-23-10-13-28-45(39)63-55(49)61-51)40-24-16-27-43-48(40)38-32-31-37(33-44(38)56(43)41-25-11-14-29-46(41)62-47-30-15-12-26-42(47)56)54-59-52(35-19-6-2-7-20-35)58-53(60-54)36-21-8-3-9-22-36/h1-33H. The van der Waals surface area contributed by atoms with Crippen molar-refractivity contribution in [2.24, 2.45) is 0 Å². The summed E-state index contributed by atoms with van der Waals surface area (Å²) in [4.78, 5) is 25.9. The maximum Gasteiger partial charge on any atom is 0.231 e. The number of ether oxygens (including phenoxy) is 1. The summed E-state index contributed by atoms with van der Waals surface area (Å²) in [6.45, 7) is 0. The van der Waals surface area contributed by atoms with Crippen molar-refractivity contribution in [1.29, 1.82) is 0 Å². The lowest BCUT2D eigenvalue weighted by molar-refractivity contribution is 0.436. The predicted molar refractivity (Wildman–Crippen MR) is 247 cm³/mol. The molecule has 1 aliphatic carbocycles. The molecule has 0 saturated heterocycles. The van der Waals surface area contributed by atoms with Gasteiger partial charge in [0.05, 0.1) is 16.5 Å². The number of aromatic nitrogens is 5. The van der Waals surface area contributed by atoms with Crippen LogP contribution in [0.25, 0.3) is 90.0 Å². The third-order valence-corrected chi connectivity index (χ3v) is 12.4. The van der Waals surface area contributed by atoms with Gasteiger partial charge in [-0.1, -0.05) is 176 Å². The third-order valence-electron chi connectivity index (χ3n) is 12.4. The molecule has 11 aromatic rings. The van der Waals surface area contributed by atoms with Crippen molar-refractivity contribution in [3.63, 3.8) is 0 Å². The highest BCUT2D eigenvalue weighted by atomic mass is 16.5. The summed E-state index contributed by atoms with van der Waals surface area (Å²) >= 11 is 0. The number of hydrogen-bond donors (Lipinski definition) is 0. The van der Waals surface area contributed by atoms with E-state index in [1.807, 2.05) is 121 Å². The summed E-state index contributed by atoms with van der Waals surface area (Å²) < 4.78 is 13.3. The summed E-state index contributed by atoms with van der Waals surface area (Å²) in [6, 6.07) is 68.5. The minimum Gasteiger partial charge on any atom is -0.457 e. The van der Waals surface area contributed by atoms with Gasteiger partial charge in [0.25, 0.3) is 0 Å². The van der Waals surface area contributed by atoms with E-state index in [0.717, 1.165) is 94.7 Å². The molecule has 8 aromatic carbocycles. The molecule has 63 heavy (non-hydrogen) atoms. The fourth-order valence-corrected chi connectivity index (χ4v) is 9.76. The fourth-order valence-electron chi connectivity index (χ4n) is 9.76. The van der Waals surface area contributed by atoms with E-state index in [1.165, 1.54) is 0 Å². The van der Waals surface area contributed by atoms with Gasteiger partial charge in [-0.3, -0.25) is 0 Å².